The Hall–Kier alpha value is -8.28. The zero-order chi connectivity index (χ0) is 40.5. The van der Waals surface area contributed by atoms with Crippen LogP contribution in [-0.2, 0) is 0 Å². The predicted octanol–water partition coefficient (Wildman–Crippen LogP) is 14.5. The highest BCUT2D eigenvalue weighted by atomic mass is 16.3. The Morgan fingerprint density at radius 3 is 1.54 bits per heavy atom. The molecule has 5 nitrogen and oxygen atoms in total. The van der Waals surface area contributed by atoms with Crippen LogP contribution in [0.2, 0.25) is 0 Å². The van der Waals surface area contributed by atoms with E-state index in [2.05, 4.69) is 158 Å². The number of pyridine rings is 1. The molecule has 286 valence electrons. The maximum absolute atomic E-state index is 6.73. The van der Waals surface area contributed by atoms with Crippen LogP contribution in [0.5, 0.6) is 0 Å². The molecular formula is C56H36N4O. The smallest absolute Gasteiger partial charge is 0.167 e. The quantitative estimate of drug-likeness (QED) is 0.154. The third-order valence-electron chi connectivity index (χ3n) is 11.2. The second-order valence-corrected chi connectivity index (χ2v) is 15.0. The molecule has 0 amide bonds. The minimum Gasteiger partial charge on any atom is -0.455 e. The van der Waals surface area contributed by atoms with Crippen molar-refractivity contribution >= 4 is 21.9 Å². The van der Waals surface area contributed by atoms with Crippen molar-refractivity contribution in [3.8, 4) is 89.9 Å². The summed E-state index contributed by atoms with van der Waals surface area (Å²) in [4.78, 5) is 20.6. The summed E-state index contributed by atoms with van der Waals surface area (Å²) in [6.07, 6.45) is 1.83. The minimum absolute atomic E-state index is 0.516. The Balaban J connectivity index is 1.16. The van der Waals surface area contributed by atoms with E-state index < -0.39 is 0 Å². The minimum atomic E-state index is 0.516. The summed E-state index contributed by atoms with van der Waals surface area (Å²) in [5.41, 5.74) is 14.7. The Kier molecular flexibility index (Phi) is 9.10. The summed E-state index contributed by atoms with van der Waals surface area (Å²) >= 11 is 0. The number of fused-ring (bicyclic) bond motifs is 3. The first-order valence-electron chi connectivity index (χ1n) is 20.4. The van der Waals surface area contributed by atoms with Gasteiger partial charge < -0.3 is 4.42 Å². The fourth-order valence-corrected chi connectivity index (χ4v) is 8.24. The van der Waals surface area contributed by atoms with Crippen LogP contribution >= 0.6 is 0 Å². The molecule has 3 heterocycles. The van der Waals surface area contributed by atoms with E-state index >= 15 is 0 Å². The third-order valence-corrected chi connectivity index (χ3v) is 11.2. The van der Waals surface area contributed by atoms with Crippen LogP contribution in [0.1, 0.15) is 0 Å². The van der Waals surface area contributed by atoms with E-state index in [4.69, 9.17) is 24.4 Å². The summed E-state index contributed by atoms with van der Waals surface area (Å²) in [6, 6.07) is 73.3. The number of hydrogen-bond donors (Lipinski definition) is 0. The van der Waals surface area contributed by atoms with E-state index in [1.165, 1.54) is 0 Å². The first-order valence-corrected chi connectivity index (χ1v) is 20.4. The Bertz CT molecular complexity index is 3330. The molecule has 11 rings (SSSR count). The molecule has 0 spiro atoms. The number of hydrogen-bond acceptors (Lipinski definition) is 5. The number of rotatable bonds is 8. The fourth-order valence-electron chi connectivity index (χ4n) is 8.24. The van der Waals surface area contributed by atoms with E-state index in [1.54, 1.807) is 0 Å². The summed E-state index contributed by atoms with van der Waals surface area (Å²) in [6.45, 7) is 0. The van der Waals surface area contributed by atoms with E-state index in [-0.39, 0.29) is 0 Å². The summed E-state index contributed by atoms with van der Waals surface area (Å²) in [7, 11) is 0. The van der Waals surface area contributed by atoms with Crippen molar-refractivity contribution < 1.29 is 4.42 Å². The predicted molar refractivity (Wildman–Crippen MR) is 248 cm³/mol. The van der Waals surface area contributed by atoms with Crippen molar-refractivity contribution in [2.75, 3.05) is 0 Å². The topological polar surface area (TPSA) is 64.7 Å². The first-order chi connectivity index (χ1) is 30.2. The molecule has 3 aromatic heterocycles. The van der Waals surface area contributed by atoms with Gasteiger partial charge in [0, 0.05) is 33.7 Å². The van der Waals surface area contributed by atoms with Crippen molar-refractivity contribution in [2.24, 2.45) is 0 Å². The molecule has 0 saturated carbocycles. The van der Waals surface area contributed by atoms with Gasteiger partial charge in [0.2, 0.25) is 0 Å². The van der Waals surface area contributed by atoms with Crippen LogP contribution in [0.3, 0.4) is 0 Å². The molecule has 61 heavy (non-hydrogen) atoms. The van der Waals surface area contributed by atoms with Gasteiger partial charge in [0.25, 0.3) is 0 Å². The van der Waals surface area contributed by atoms with Crippen molar-refractivity contribution in [3.05, 3.63) is 219 Å². The van der Waals surface area contributed by atoms with Gasteiger partial charge in [-0.2, -0.15) is 0 Å². The number of para-hydroxylation sites is 1. The van der Waals surface area contributed by atoms with E-state index in [0.717, 1.165) is 88.8 Å². The lowest BCUT2D eigenvalue weighted by atomic mass is 9.92. The molecule has 11 aromatic rings. The maximum Gasteiger partial charge on any atom is 0.167 e. The van der Waals surface area contributed by atoms with Gasteiger partial charge in [0.05, 0.1) is 11.3 Å². The second kappa shape index (κ2) is 15.5. The lowest BCUT2D eigenvalue weighted by Gasteiger charge is -2.15. The molecule has 0 unspecified atom stereocenters. The van der Waals surface area contributed by atoms with Crippen LogP contribution in [-0.4, -0.2) is 19.9 Å². The fraction of sp³-hybridized carbons (Fsp3) is 0. The Morgan fingerprint density at radius 2 is 0.820 bits per heavy atom. The molecule has 0 aliphatic carbocycles. The molecule has 0 aliphatic heterocycles. The normalized spacial score (nSPS) is 11.3. The van der Waals surface area contributed by atoms with Crippen LogP contribution in [0, 0.1) is 0 Å². The van der Waals surface area contributed by atoms with Crippen LogP contribution in [0.25, 0.3) is 112 Å². The molecule has 0 fully saturated rings. The zero-order valence-corrected chi connectivity index (χ0v) is 33.0. The highest BCUT2D eigenvalue weighted by molar-refractivity contribution is 6.11. The van der Waals surface area contributed by atoms with Gasteiger partial charge in [-0.05, 0) is 80.9 Å². The van der Waals surface area contributed by atoms with Gasteiger partial charge in [-0.15, -0.1) is 0 Å². The lowest BCUT2D eigenvalue weighted by molar-refractivity contribution is 0.669. The van der Waals surface area contributed by atoms with Gasteiger partial charge in [-0.25, -0.2) is 15.0 Å². The first kappa shape index (κ1) is 35.8. The molecule has 0 saturated heterocycles. The van der Waals surface area contributed by atoms with E-state index in [0.29, 0.717) is 23.1 Å². The monoisotopic (exact) mass is 780 g/mol. The maximum atomic E-state index is 6.73. The molecule has 5 heteroatoms. The molecule has 0 bridgehead atoms. The summed E-state index contributed by atoms with van der Waals surface area (Å²) < 4.78 is 6.73. The number of benzene rings is 8. The molecule has 8 aromatic carbocycles. The van der Waals surface area contributed by atoms with Crippen LogP contribution < -0.4 is 0 Å². The average molecular weight is 781 g/mol. The SMILES string of the molecule is c1ccc(-c2ccc(-c3nc(-c4ccc(-c5ccccc5)c(-c5ccccc5)c4)nc(-c4cc(-c5ccccc5-c5ccccn5)cc5c4oc4ccccc45)n3)cc2)cc1. The van der Waals surface area contributed by atoms with E-state index in [1.807, 2.05) is 60.8 Å². The van der Waals surface area contributed by atoms with Gasteiger partial charge in [-0.1, -0.05) is 176 Å². The number of furan rings is 1. The summed E-state index contributed by atoms with van der Waals surface area (Å²) in [5.74, 6) is 1.64. The van der Waals surface area contributed by atoms with Gasteiger partial charge in [-0.3, -0.25) is 4.98 Å². The molecular weight excluding hydrogens is 745 g/mol. The third kappa shape index (κ3) is 6.84. The van der Waals surface area contributed by atoms with Crippen molar-refractivity contribution in [2.45, 2.75) is 0 Å². The lowest BCUT2D eigenvalue weighted by Crippen LogP contribution is -2.01. The van der Waals surface area contributed by atoms with Gasteiger partial charge in [0.15, 0.2) is 17.5 Å². The van der Waals surface area contributed by atoms with Gasteiger partial charge in [0.1, 0.15) is 11.2 Å². The van der Waals surface area contributed by atoms with Crippen LogP contribution in [0.4, 0.5) is 0 Å². The standard InChI is InChI=1S/C56H36N4O/c1-4-16-37(17-5-1)38-27-29-41(30-28-38)54-58-55(42-31-32-45(39-18-6-2-7-19-39)48(34-42)40-20-8-3-9-21-40)60-56(59-54)50-36-43(35-49-47-24-12-13-26-52(47)61-53(49)50)44-22-10-11-23-46(44)51-25-14-15-33-57-51/h1-36H. The Labute approximate surface area is 353 Å². The number of aromatic nitrogens is 4. The van der Waals surface area contributed by atoms with E-state index in [9.17, 15) is 0 Å². The Morgan fingerprint density at radius 1 is 0.295 bits per heavy atom. The van der Waals surface area contributed by atoms with Gasteiger partial charge >= 0.3 is 0 Å². The van der Waals surface area contributed by atoms with Crippen molar-refractivity contribution in [1.29, 1.82) is 0 Å². The largest absolute Gasteiger partial charge is 0.455 e. The van der Waals surface area contributed by atoms with Crippen molar-refractivity contribution in [1.82, 2.24) is 19.9 Å². The van der Waals surface area contributed by atoms with Crippen LogP contribution in [0.15, 0.2) is 223 Å². The average Bonchev–Trinajstić information content (AvgIpc) is 3.73. The molecule has 0 N–H and O–H groups in total. The molecule has 0 aliphatic rings. The highest BCUT2D eigenvalue weighted by Crippen LogP contribution is 2.42. The molecule has 0 radical (unpaired) electrons. The zero-order valence-electron chi connectivity index (χ0n) is 33.0. The molecule has 0 atom stereocenters. The second-order valence-electron chi connectivity index (χ2n) is 15.0. The number of nitrogens with zero attached hydrogens (tertiary/aromatic N) is 4. The highest BCUT2D eigenvalue weighted by Gasteiger charge is 2.22. The van der Waals surface area contributed by atoms with Crippen molar-refractivity contribution in [3.63, 3.8) is 0 Å². The summed E-state index contributed by atoms with van der Waals surface area (Å²) in [5, 5.41) is 2.00.